The number of nitrogens with zero attached hydrogens (tertiary/aromatic N) is 1. The van der Waals surface area contributed by atoms with E-state index in [1.807, 2.05) is 6.07 Å². The van der Waals surface area contributed by atoms with E-state index in [0.29, 0.717) is 28.4 Å². The third-order valence-electron chi connectivity index (χ3n) is 2.68. The molecule has 0 aliphatic heterocycles. The molecule has 0 unspecified atom stereocenters. The Hall–Kier alpha value is -2.56. The van der Waals surface area contributed by atoms with Crippen molar-refractivity contribution < 1.29 is 9.53 Å². The van der Waals surface area contributed by atoms with E-state index >= 15 is 0 Å². The average molecular weight is 257 g/mol. The minimum absolute atomic E-state index is 0.245. The monoisotopic (exact) mass is 257 g/mol. The van der Waals surface area contributed by atoms with Crippen LogP contribution in [0.25, 0.3) is 0 Å². The highest BCUT2D eigenvalue weighted by Gasteiger charge is 2.11. The van der Waals surface area contributed by atoms with Crippen LogP contribution in [0.4, 0.5) is 11.4 Å². The first-order chi connectivity index (χ1) is 9.10. The summed E-state index contributed by atoms with van der Waals surface area (Å²) in [6.07, 6.45) is 1.53. The van der Waals surface area contributed by atoms with Crippen LogP contribution in [-0.4, -0.2) is 18.0 Å². The van der Waals surface area contributed by atoms with Crippen LogP contribution in [0.15, 0.2) is 36.5 Å². The molecule has 0 radical (unpaired) electrons. The van der Waals surface area contributed by atoms with Gasteiger partial charge in [0.25, 0.3) is 5.91 Å². The molecule has 0 saturated heterocycles. The molecule has 1 aromatic carbocycles. The quantitative estimate of drug-likeness (QED) is 0.884. The lowest BCUT2D eigenvalue weighted by Crippen LogP contribution is -2.14. The molecule has 98 valence electrons. The number of amides is 1. The van der Waals surface area contributed by atoms with E-state index in [0.717, 1.165) is 0 Å². The van der Waals surface area contributed by atoms with Crippen molar-refractivity contribution in [2.24, 2.45) is 0 Å². The van der Waals surface area contributed by atoms with Gasteiger partial charge in [0.15, 0.2) is 0 Å². The number of nitrogen functional groups attached to an aromatic ring is 1. The fourth-order valence-electron chi connectivity index (χ4n) is 1.68. The second-order valence-electron chi connectivity index (χ2n) is 4.09. The zero-order valence-electron chi connectivity index (χ0n) is 10.8. The molecule has 0 atom stereocenters. The smallest absolute Gasteiger partial charge is 0.257 e. The summed E-state index contributed by atoms with van der Waals surface area (Å²) in [5, 5.41) is 2.79. The van der Waals surface area contributed by atoms with Gasteiger partial charge in [0.1, 0.15) is 5.75 Å². The molecule has 0 saturated carbocycles. The summed E-state index contributed by atoms with van der Waals surface area (Å²) in [5.41, 5.74) is 7.85. The highest BCUT2D eigenvalue weighted by molar-refractivity contribution is 6.05. The zero-order chi connectivity index (χ0) is 13.8. The number of rotatable bonds is 3. The molecule has 1 aromatic heterocycles. The van der Waals surface area contributed by atoms with Crippen LogP contribution in [-0.2, 0) is 0 Å². The molecule has 0 aliphatic rings. The van der Waals surface area contributed by atoms with Gasteiger partial charge in [-0.2, -0.15) is 0 Å². The molecule has 5 heteroatoms. The Morgan fingerprint density at radius 2 is 2.16 bits per heavy atom. The molecule has 0 bridgehead atoms. The number of anilines is 2. The van der Waals surface area contributed by atoms with E-state index in [2.05, 4.69) is 10.3 Å². The molecule has 0 aliphatic carbocycles. The van der Waals surface area contributed by atoms with Crippen molar-refractivity contribution in [3.63, 3.8) is 0 Å². The summed E-state index contributed by atoms with van der Waals surface area (Å²) in [5.74, 6) is 0.436. The van der Waals surface area contributed by atoms with Gasteiger partial charge in [0.05, 0.1) is 30.3 Å². The minimum Gasteiger partial charge on any atom is -0.497 e. The van der Waals surface area contributed by atoms with Gasteiger partial charge in [-0.25, -0.2) is 0 Å². The zero-order valence-corrected chi connectivity index (χ0v) is 10.8. The van der Waals surface area contributed by atoms with Crippen LogP contribution in [0.5, 0.6) is 5.75 Å². The van der Waals surface area contributed by atoms with Crippen LogP contribution in [0.2, 0.25) is 0 Å². The Kier molecular flexibility index (Phi) is 3.66. The first-order valence-corrected chi connectivity index (χ1v) is 5.77. The fourth-order valence-corrected chi connectivity index (χ4v) is 1.68. The first-order valence-electron chi connectivity index (χ1n) is 5.77. The number of nitrogens with two attached hydrogens (primary N) is 1. The number of ether oxygens (including phenoxy) is 1. The lowest BCUT2D eigenvalue weighted by molar-refractivity contribution is 0.102. The summed E-state index contributed by atoms with van der Waals surface area (Å²) in [4.78, 5) is 16.2. The van der Waals surface area contributed by atoms with Gasteiger partial charge in [-0.15, -0.1) is 0 Å². The van der Waals surface area contributed by atoms with E-state index in [4.69, 9.17) is 10.5 Å². The standard InChI is InChI=1S/C14H15N3O2/c1-9-13(6-10(15)8-16-9)14(18)17-11-4-3-5-12(7-11)19-2/h3-8H,15H2,1-2H3,(H,17,18). The van der Waals surface area contributed by atoms with Crippen LogP contribution >= 0.6 is 0 Å². The molecule has 3 N–H and O–H groups in total. The molecule has 1 heterocycles. The Labute approximate surface area is 111 Å². The molecule has 0 fully saturated rings. The number of nitrogens with one attached hydrogen (secondary N) is 1. The molecule has 2 aromatic rings. The van der Waals surface area contributed by atoms with Crippen LogP contribution in [0.1, 0.15) is 16.1 Å². The number of hydrogen-bond donors (Lipinski definition) is 2. The SMILES string of the molecule is COc1cccc(NC(=O)c2cc(N)cnc2C)c1. The van der Waals surface area contributed by atoms with Crippen LogP contribution < -0.4 is 15.8 Å². The summed E-state index contributed by atoms with van der Waals surface area (Å²) >= 11 is 0. The number of aromatic nitrogens is 1. The normalized spacial score (nSPS) is 10.0. The van der Waals surface area contributed by atoms with Gasteiger partial charge in [-0.3, -0.25) is 9.78 Å². The van der Waals surface area contributed by atoms with Gasteiger partial charge in [0, 0.05) is 11.8 Å². The maximum Gasteiger partial charge on any atom is 0.257 e. The van der Waals surface area contributed by atoms with Crippen LogP contribution in [0.3, 0.4) is 0 Å². The Morgan fingerprint density at radius 3 is 2.89 bits per heavy atom. The Bertz CT molecular complexity index is 611. The number of carbonyl (C=O) groups is 1. The van der Waals surface area contributed by atoms with Gasteiger partial charge in [0.2, 0.25) is 0 Å². The number of aryl methyl sites for hydroxylation is 1. The largest absolute Gasteiger partial charge is 0.497 e. The van der Waals surface area contributed by atoms with Crippen molar-refractivity contribution >= 4 is 17.3 Å². The summed E-state index contributed by atoms with van der Waals surface area (Å²) in [6, 6.07) is 8.75. The highest BCUT2D eigenvalue weighted by Crippen LogP contribution is 2.18. The van der Waals surface area contributed by atoms with E-state index in [9.17, 15) is 4.79 Å². The second kappa shape index (κ2) is 5.39. The van der Waals surface area contributed by atoms with Gasteiger partial charge in [-0.1, -0.05) is 6.07 Å². The predicted octanol–water partition coefficient (Wildman–Crippen LogP) is 2.23. The van der Waals surface area contributed by atoms with E-state index < -0.39 is 0 Å². The number of carbonyl (C=O) groups excluding carboxylic acids is 1. The molecular weight excluding hydrogens is 242 g/mol. The maximum atomic E-state index is 12.1. The van der Waals surface area contributed by atoms with Gasteiger partial charge < -0.3 is 15.8 Å². The lowest BCUT2D eigenvalue weighted by Gasteiger charge is -2.09. The minimum atomic E-state index is -0.245. The Balaban J connectivity index is 2.23. The summed E-state index contributed by atoms with van der Waals surface area (Å²) < 4.78 is 5.10. The molecule has 0 spiro atoms. The van der Waals surface area contributed by atoms with Crippen molar-refractivity contribution in [2.75, 3.05) is 18.2 Å². The van der Waals surface area contributed by atoms with Crippen molar-refractivity contribution in [3.8, 4) is 5.75 Å². The molecule has 1 amide bonds. The Morgan fingerprint density at radius 1 is 1.37 bits per heavy atom. The molecule has 19 heavy (non-hydrogen) atoms. The number of hydrogen-bond acceptors (Lipinski definition) is 4. The molecule has 5 nitrogen and oxygen atoms in total. The van der Waals surface area contributed by atoms with Gasteiger partial charge in [-0.05, 0) is 25.1 Å². The average Bonchev–Trinajstić information content (AvgIpc) is 2.41. The third kappa shape index (κ3) is 3.01. The number of methoxy groups -OCH3 is 1. The van der Waals surface area contributed by atoms with Crippen molar-refractivity contribution in [2.45, 2.75) is 6.92 Å². The highest BCUT2D eigenvalue weighted by atomic mass is 16.5. The van der Waals surface area contributed by atoms with Crippen molar-refractivity contribution in [1.82, 2.24) is 4.98 Å². The van der Waals surface area contributed by atoms with Crippen LogP contribution in [0, 0.1) is 6.92 Å². The second-order valence-corrected chi connectivity index (χ2v) is 4.09. The molecular formula is C14H15N3O2. The number of pyridine rings is 1. The fraction of sp³-hybridized carbons (Fsp3) is 0.143. The first kappa shape index (κ1) is 12.9. The lowest BCUT2D eigenvalue weighted by atomic mass is 10.1. The van der Waals surface area contributed by atoms with E-state index in [1.165, 1.54) is 6.20 Å². The number of benzene rings is 1. The predicted molar refractivity (Wildman–Crippen MR) is 74.3 cm³/mol. The van der Waals surface area contributed by atoms with E-state index in [-0.39, 0.29) is 5.91 Å². The van der Waals surface area contributed by atoms with E-state index in [1.54, 1.807) is 38.3 Å². The summed E-state index contributed by atoms with van der Waals surface area (Å²) in [6.45, 7) is 1.76. The van der Waals surface area contributed by atoms with Crippen molar-refractivity contribution in [3.05, 3.63) is 47.8 Å². The topological polar surface area (TPSA) is 77.2 Å². The molecule has 2 rings (SSSR count). The summed E-state index contributed by atoms with van der Waals surface area (Å²) in [7, 11) is 1.58. The third-order valence-corrected chi connectivity index (χ3v) is 2.68. The maximum absolute atomic E-state index is 12.1. The van der Waals surface area contributed by atoms with Gasteiger partial charge >= 0.3 is 0 Å². The van der Waals surface area contributed by atoms with Crippen molar-refractivity contribution in [1.29, 1.82) is 0 Å².